The van der Waals surface area contributed by atoms with E-state index in [4.69, 9.17) is 14.2 Å². The molecule has 7 heteroatoms. The molecule has 0 aliphatic heterocycles. The number of ether oxygens (including phenoxy) is 3. The van der Waals surface area contributed by atoms with Gasteiger partial charge in [0.15, 0.2) is 6.61 Å². The normalized spacial score (nSPS) is 12.4. The zero-order valence-electron chi connectivity index (χ0n) is 20.5. The van der Waals surface area contributed by atoms with E-state index in [1.807, 2.05) is 52.0 Å². The molecular weight excluding hydrogens is 420 g/mol. The summed E-state index contributed by atoms with van der Waals surface area (Å²) in [7, 11) is 3.10. The van der Waals surface area contributed by atoms with Crippen LogP contribution in [0.4, 0.5) is 0 Å². The summed E-state index contributed by atoms with van der Waals surface area (Å²) in [5.41, 5.74) is 2.08. The van der Waals surface area contributed by atoms with Crippen LogP contribution >= 0.6 is 0 Å². The van der Waals surface area contributed by atoms with Crippen LogP contribution in [-0.4, -0.2) is 49.6 Å². The minimum absolute atomic E-state index is 0.0309. The number of benzene rings is 2. The molecule has 0 radical (unpaired) electrons. The van der Waals surface area contributed by atoms with Crippen molar-refractivity contribution in [1.29, 1.82) is 0 Å². The molecule has 1 N–H and O–H groups in total. The van der Waals surface area contributed by atoms with E-state index in [1.54, 1.807) is 37.3 Å². The Morgan fingerprint density at radius 1 is 0.939 bits per heavy atom. The highest BCUT2D eigenvalue weighted by molar-refractivity contribution is 5.88. The van der Waals surface area contributed by atoms with Crippen molar-refractivity contribution in [2.45, 2.75) is 59.2 Å². The zero-order chi connectivity index (χ0) is 24.4. The smallest absolute Gasteiger partial charge is 0.261 e. The van der Waals surface area contributed by atoms with Crippen molar-refractivity contribution in [2.24, 2.45) is 0 Å². The second-order valence-electron chi connectivity index (χ2n) is 8.09. The van der Waals surface area contributed by atoms with E-state index in [9.17, 15) is 9.59 Å². The summed E-state index contributed by atoms with van der Waals surface area (Å²) in [4.78, 5) is 27.9. The number of hydrogen-bond donors (Lipinski definition) is 1. The first-order chi connectivity index (χ1) is 15.8. The molecule has 0 aromatic heterocycles. The van der Waals surface area contributed by atoms with Gasteiger partial charge in [-0.1, -0.05) is 43.7 Å². The second kappa shape index (κ2) is 12.7. The maximum Gasteiger partial charge on any atom is 0.261 e. The SMILES string of the molecule is CC[C@H](C)NC(=O)[C@H](CC)N(Cc1ccc(C)cc1)C(=O)COc1cc(OC)cc(OC)c1. The van der Waals surface area contributed by atoms with Crippen LogP contribution in [0.25, 0.3) is 0 Å². The number of carbonyl (C=O) groups excluding carboxylic acids is 2. The van der Waals surface area contributed by atoms with Crippen LogP contribution in [0.5, 0.6) is 17.2 Å². The highest BCUT2D eigenvalue weighted by Gasteiger charge is 2.29. The predicted octanol–water partition coefficient (Wildman–Crippen LogP) is 4.11. The van der Waals surface area contributed by atoms with Crippen molar-refractivity contribution in [3.05, 3.63) is 53.6 Å². The highest BCUT2D eigenvalue weighted by Crippen LogP contribution is 2.27. The molecule has 0 fully saturated rings. The molecule has 0 spiro atoms. The summed E-state index contributed by atoms with van der Waals surface area (Å²) in [6.07, 6.45) is 1.31. The molecule has 2 aromatic carbocycles. The number of hydrogen-bond acceptors (Lipinski definition) is 5. The third-order valence-corrected chi connectivity index (χ3v) is 5.55. The van der Waals surface area contributed by atoms with Gasteiger partial charge in [0.1, 0.15) is 23.3 Å². The third kappa shape index (κ3) is 7.70. The number of methoxy groups -OCH3 is 2. The van der Waals surface area contributed by atoms with E-state index in [1.165, 1.54) is 0 Å². The summed E-state index contributed by atoms with van der Waals surface area (Å²) in [5.74, 6) is 1.14. The Kier molecular flexibility index (Phi) is 10.0. The van der Waals surface area contributed by atoms with Gasteiger partial charge in [-0.15, -0.1) is 0 Å². The summed E-state index contributed by atoms with van der Waals surface area (Å²) in [6, 6.07) is 12.5. The Morgan fingerprint density at radius 2 is 1.52 bits per heavy atom. The lowest BCUT2D eigenvalue weighted by atomic mass is 10.1. The van der Waals surface area contributed by atoms with E-state index in [-0.39, 0.29) is 24.5 Å². The third-order valence-electron chi connectivity index (χ3n) is 5.55. The van der Waals surface area contributed by atoms with Crippen molar-refractivity contribution in [1.82, 2.24) is 10.2 Å². The summed E-state index contributed by atoms with van der Waals surface area (Å²) < 4.78 is 16.3. The molecule has 2 atom stereocenters. The molecule has 7 nitrogen and oxygen atoms in total. The van der Waals surface area contributed by atoms with Gasteiger partial charge in [-0.3, -0.25) is 9.59 Å². The van der Waals surface area contributed by atoms with Crippen LogP contribution in [0.1, 0.15) is 44.7 Å². The number of rotatable bonds is 12. The first-order valence-corrected chi connectivity index (χ1v) is 11.3. The lowest BCUT2D eigenvalue weighted by Gasteiger charge is -2.31. The number of amides is 2. The van der Waals surface area contributed by atoms with Crippen LogP contribution in [0.15, 0.2) is 42.5 Å². The minimum atomic E-state index is -0.601. The minimum Gasteiger partial charge on any atom is -0.496 e. The van der Waals surface area contributed by atoms with Crippen molar-refractivity contribution in [2.75, 3.05) is 20.8 Å². The topological polar surface area (TPSA) is 77.1 Å². The molecule has 180 valence electrons. The Balaban J connectivity index is 2.24. The lowest BCUT2D eigenvalue weighted by Crippen LogP contribution is -2.51. The Morgan fingerprint density at radius 3 is 2.03 bits per heavy atom. The second-order valence-corrected chi connectivity index (χ2v) is 8.09. The van der Waals surface area contributed by atoms with Gasteiger partial charge in [-0.25, -0.2) is 0 Å². The van der Waals surface area contributed by atoms with Gasteiger partial charge in [0.25, 0.3) is 5.91 Å². The Hall–Kier alpha value is -3.22. The molecule has 0 saturated heterocycles. The van der Waals surface area contributed by atoms with Crippen molar-refractivity contribution in [3.63, 3.8) is 0 Å². The largest absolute Gasteiger partial charge is 0.496 e. The quantitative estimate of drug-likeness (QED) is 0.520. The average molecular weight is 457 g/mol. The zero-order valence-corrected chi connectivity index (χ0v) is 20.5. The molecule has 2 aromatic rings. The fraction of sp³-hybridized carbons (Fsp3) is 0.462. The first-order valence-electron chi connectivity index (χ1n) is 11.3. The number of nitrogens with zero attached hydrogens (tertiary/aromatic N) is 1. The van der Waals surface area contributed by atoms with E-state index < -0.39 is 6.04 Å². The van der Waals surface area contributed by atoms with E-state index in [0.29, 0.717) is 30.2 Å². The van der Waals surface area contributed by atoms with Crippen molar-refractivity contribution in [3.8, 4) is 17.2 Å². The van der Waals surface area contributed by atoms with Gasteiger partial charge in [-0.2, -0.15) is 0 Å². The van der Waals surface area contributed by atoms with Crippen molar-refractivity contribution < 1.29 is 23.8 Å². The molecule has 0 heterocycles. The van der Waals surface area contributed by atoms with E-state index in [2.05, 4.69) is 5.32 Å². The summed E-state index contributed by atoms with van der Waals surface area (Å²) >= 11 is 0. The highest BCUT2D eigenvalue weighted by atomic mass is 16.5. The standard InChI is InChI=1S/C26H36N2O5/c1-7-19(4)27-26(30)24(8-2)28(16-20-11-9-18(3)10-12-20)25(29)17-33-23-14-21(31-5)13-22(15-23)32-6/h9-15,19,24H,7-8,16-17H2,1-6H3,(H,27,30)/t19-,24-/m0/s1. The lowest BCUT2D eigenvalue weighted by molar-refractivity contribution is -0.143. The van der Waals surface area contributed by atoms with Gasteiger partial charge in [-0.05, 0) is 32.3 Å². The van der Waals surface area contributed by atoms with Crippen LogP contribution in [-0.2, 0) is 16.1 Å². The summed E-state index contributed by atoms with van der Waals surface area (Å²) in [5, 5.41) is 3.01. The molecule has 0 bridgehead atoms. The van der Waals surface area contributed by atoms with Crippen molar-refractivity contribution >= 4 is 11.8 Å². The van der Waals surface area contributed by atoms with Crippen LogP contribution < -0.4 is 19.5 Å². The number of nitrogens with one attached hydrogen (secondary N) is 1. The van der Waals surface area contributed by atoms with Gasteiger partial charge < -0.3 is 24.4 Å². The molecule has 0 aliphatic carbocycles. The monoisotopic (exact) mass is 456 g/mol. The summed E-state index contributed by atoms with van der Waals surface area (Å²) in [6.45, 7) is 7.99. The molecule has 0 aliphatic rings. The molecule has 2 rings (SSSR count). The fourth-order valence-corrected chi connectivity index (χ4v) is 3.34. The van der Waals surface area contributed by atoms with Gasteiger partial charge >= 0.3 is 0 Å². The van der Waals surface area contributed by atoms with E-state index in [0.717, 1.165) is 17.5 Å². The fourth-order valence-electron chi connectivity index (χ4n) is 3.34. The molecule has 33 heavy (non-hydrogen) atoms. The Bertz CT molecular complexity index is 891. The first kappa shape index (κ1) is 26.0. The molecule has 2 amide bonds. The molecule has 0 unspecified atom stereocenters. The van der Waals surface area contributed by atoms with Crippen LogP contribution in [0.3, 0.4) is 0 Å². The van der Waals surface area contributed by atoms with Gasteiger partial charge in [0.2, 0.25) is 5.91 Å². The Labute approximate surface area is 197 Å². The molecule has 0 saturated carbocycles. The number of aryl methyl sites for hydroxylation is 1. The van der Waals surface area contributed by atoms with Gasteiger partial charge in [0.05, 0.1) is 14.2 Å². The predicted molar refractivity (Wildman–Crippen MR) is 129 cm³/mol. The molecular formula is C26H36N2O5. The van der Waals surface area contributed by atoms with E-state index >= 15 is 0 Å². The maximum absolute atomic E-state index is 13.3. The van der Waals surface area contributed by atoms with Crippen LogP contribution in [0, 0.1) is 6.92 Å². The maximum atomic E-state index is 13.3. The number of carbonyl (C=O) groups is 2. The van der Waals surface area contributed by atoms with Crippen LogP contribution in [0.2, 0.25) is 0 Å². The average Bonchev–Trinajstić information content (AvgIpc) is 2.83. The van der Waals surface area contributed by atoms with Gasteiger partial charge in [0, 0.05) is 30.8 Å².